The van der Waals surface area contributed by atoms with E-state index in [1.807, 2.05) is 0 Å². The molecule has 1 heterocycles. The minimum absolute atomic E-state index is 0.0557. The quantitative estimate of drug-likeness (QED) is 0.810. The van der Waals surface area contributed by atoms with Crippen molar-refractivity contribution < 1.29 is 4.42 Å². The van der Waals surface area contributed by atoms with Crippen LogP contribution in [0, 0.1) is 13.8 Å². The summed E-state index contributed by atoms with van der Waals surface area (Å²) in [6.07, 6.45) is 0. The van der Waals surface area contributed by atoms with Gasteiger partial charge in [0, 0.05) is 10.9 Å². The Bertz CT molecular complexity index is 558. The molecule has 0 saturated carbocycles. The van der Waals surface area contributed by atoms with Crippen molar-refractivity contribution in [3.8, 4) is 0 Å². The highest BCUT2D eigenvalue weighted by molar-refractivity contribution is 5.86. The lowest BCUT2D eigenvalue weighted by Gasteiger charge is -2.19. The molecule has 1 aromatic heterocycles. The summed E-state index contributed by atoms with van der Waals surface area (Å²) in [7, 11) is 0. The van der Waals surface area contributed by atoms with Gasteiger partial charge in [-0.2, -0.15) is 0 Å². The molecule has 0 amide bonds. The normalized spacial score (nSPS) is 12.4. The Balaban J connectivity index is 2.88. The molecule has 0 aliphatic rings. The van der Waals surface area contributed by atoms with Gasteiger partial charge in [-0.05, 0) is 36.5 Å². The average Bonchev–Trinajstić information content (AvgIpc) is 2.55. The van der Waals surface area contributed by atoms with Crippen LogP contribution in [0.3, 0.4) is 0 Å². The molecular weight excluding hydrogens is 210 g/mol. The van der Waals surface area contributed by atoms with E-state index in [1.54, 1.807) is 0 Å². The second-order valence-corrected chi connectivity index (χ2v) is 5.81. The van der Waals surface area contributed by atoms with Gasteiger partial charge in [-0.25, -0.2) is 0 Å². The fraction of sp³-hybridized carbons (Fsp3) is 0.467. The summed E-state index contributed by atoms with van der Waals surface area (Å²) >= 11 is 0. The number of nitrogens with two attached hydrogens (primary N) is 1. The smallest absolute Gasteiger partial charge is 0.137 e. The molecule has 0 radical (unpaired) electrons. The van der Waals surface area contributed by atoms with Crippen molar-refractivity contribution in [2.75, 3.05) is 0 Å². The van der Waals surface area contributed by atoms with Gasteiger partial charge in [-0.15, -0.1) is 0 Å². The first-order valence-electron chi connectivity index (χ1n) is 6.07. The zero-order valence-electron chi connectivity index (χ0n) is 11.3. The van der Waals surface area contributed by atoms with Crippen LogP contribution >= 0.6 is 0 Å². The van der Waals surface area contributed by atoms with Crippen LogP contribution in [0.5, 0.6) is 0 Å². The van der Waals surface area contributed by atoms with E-state index in [0.29, 0.717) is 6.54 Å². The van der Waals surface area contributed by atoms with E-state index in [0.717, 1.165) is 11.3 Å². The van der Waals surface area contributed by atoms with E-state index in [-0.39, 0.29) is 5.41 Å². The van der Waals surface area contributed by atoms with Crippen LogP contribution in [-0.2, 0) is 12.0 Å². The second kappa shape index (κ2) is 3.88. The van der Waals surface area contributed by atoms with Crippen LogP contribution in [0.2, 0.25) is 0 Å². The minimum atomic E-state index is 0.0557. The largest absolute Gasteiger partial charge is 0.459 e. The van der Waals surface area contributed by atoms with Gasteiger partial charge >= 0.3 is 0 Å². The molecule has 0 saturated heterocycles. The number of benzene rings is 1. The van der Waals surface area contributed by atoms with Gasteiger partial charge in [-0.3, -0.25) is 0 Å². The molecular formula is C15H21NO. The summed E-state index contributed by atoms with van der Waals surface area (Å²) in [5, 5.41) is 1.22. The first kappa shape index (κ1) is 12.2. The molecule has 0 bridgehead atoms. The highest BCUT2D eigenvalue weighted by atomic mass is 16.3. The Hall–Kier alpha value is -1.28. The molecule has 2 nitrogen and oxygen atoms in total. The zero-order chi connectivity index (χ0) is 12.8. The molecule has 2 rings (SSSR count). The van der Waals surface area contributed by atoms with Crippen LogP contribution in [0.4, 0.5) is 0 Å². The van der Waals surface area contributed by atoms with E-state index in [1.165, 1.54) is 22.1 Å². The number of hydrogen-bond acceptors (Lipinski definition) is 2. The van der Waals surface area contributed by atoms with E-state index in [2.05, 4.69) is 46.8 Å². The summed E-state index contributed by atoms with van der Waals surface area (Å²) in [5.41, 5.74) is 10.6. The fourth-order valence-corrected chi connectivity index (χ4v) is 2.57. The summed E-state index contributed by atoms with van der Waals surface area (Å²) in [6.45, 7) is 11.3. The molecule has 0 aliphatic carbocycles. The van der Waals surface area contributed by atoms with Crippen LogP contribution in [0.15, 0.2) is 16.5 Å². The molecule has 2 N–H and O–H groups in total. The number of furan rings is 1. The Morgan fingerprint density at radius 2 is 1.82 bits per heavy atom. The van der Waals surface area contributed by atoms with Crippen molar-refractivity contribution >= 4 is 11.0 Å². The third-order valence-electron chi connectivity index (χ3n) is 3.13. The highest BCUT2D eigenvalue weighted by Gasteiger charge is 2.25. The Labute approximate surface area is 103 Å². The number of rotatable bonds is 1. The SMILES string of the molecule is Cc1cc(C)c2oc(CN)c(C(C)(C)C)c2c1. The van der Waals surface area contributed by atoms with Crippen LogP contribution in [-0.4, -0.2) is 0 Å². The highest BCUT2D eigenvalue weighted by Crippen LogP contribution is 2.37. The molecule has 0 spiro atoms. The Kier molecular flexibility index (Phi) is 2.78. The van der Waals surface area contributed by atoms with Crippen LogP contribution < -0.4 is 5.73 Å². The predicted octanol–water partition coefficient (Wildman–Crippen LogP) is 3.81. The first-order chi connectivity index (χ1) is 7.84. The molecule has 92 valence electrons. The maximum atomic E-state index is 5.94. The second-order valence-electron chi connectivity index (χ2n) is 5.81. The van der Waals surface area contributed by atoms with Crippen molar-refractivity contribution in [1.29, 1.82) is 0 Å². The van der Waals surface area contributed by atoms with Gasteiger partial charge in [0.15, 0.2) is 0 Å². The Morgan fingerprint density at radius 3 is 2.35 bits per heavy atom. The molecule has 0 fully saturated rings. The lowest BCUT2D eigenvalue weighted by molar-refractivity contribution is 0.510. The van der Waals surface area contributed by atoms with Crippen molar-refractivity contribution in [3.05, 3.63) is 34.6 Å². The number of hydrogen-bond donors (Lipinski definition) is 1. The molecule has 0 unspecified atom stereocenters. The monoisotopic (exact) mass is 231 g/mol. The average molecular weight is 231 g/mol. The van der Waals surface area contributed by atoms with Gasteiger partial charge in [0.05, 0.1) is 6.54 Å². The van der Waals surface area contributed by atoms with E-state index in [9.17, 15) is 0 Å². The van der Waals surface area contributed by atoms with Gasteiger partial charge in [0.25, 0.3) is 0 Å². The van der Waals surface area contributed by atoms with Gasteiger partial charge in [0.1, 0.15) is 11.3 Å². The van der Waals surface area contributed by atoms with E-state index < -0.39 is 0 Å². The molecule has 0 aliphatic heterocycles. The summed E-state index contributed by atoms with van der Waals surface area (Å²) < 4.78 is 5.94. The summed E-state index contributed by atoms with van der Waals surface area (Å²) in [6, 6.07) is 4.35. The zero-order valence-corrected chi connectivity index (χ0v) is 11.3. The number of aryl methyl sites for hydroxylation is 2. The lowest BCUT2D eigenvalue weighted by atomic mass is 9.84. The van der Waals surface area contributed by atoms with Crippen molar-refractivity contribution in [2.45, 2.75) is 46.6 Å². The van der Waals surface area contributed by atoms with Crippen LogP contribution in [0.25, 0.3) is 11.0 Å². The first-order valence-corrected chi connectivity index (χ1v) is 6.07. The third kappa shape index (κ3) is 1.98. The van der Waals surface area contributed by atoms with E-state index in [4.69, 9.17) is 10.2 Å². The fourth-order valence-electron chi connectivity index (χ4n) is 2.57. The van der Waals surface area contributed by atoms with Crippen LogP contribution in [0.1, 0.15) is 43.2 Å². The molecule has 1 aromatic carbocycles. The summed E-state index contributed by atoms with van der Waals surface area (Å²) in [5.74, 6) is 0.918. The molecule has 2 aromatic rings. The van der Waals surface area contributed by atoms with Crippen molar-refractivity contribution in [1.82, 2.24) is 0 Å². The summed E-state index contributed by atoms with van der Waals surface area (Å²) in [4.78, 5) is 0. The van der Waals surface area contributed by atoms with Crippen molar-refractivity contribution in [3.63, 3.8) is 0 Å². The topological polar surface area (TPSA) is 39.2 Å². The van der Waals surface area contributed by atoms with Gasteiger partial charge in [0.2, 0.25) is 0 Å². The molecule has 0 atom stereocenters. The third-order valence-corrected chi connectivity index (χ3v) is 3.13. The lowest BCUT2D eigenvalue weighted by Crippen LogP contribution is -2.14. The standard InChI is InChI=1S/C15H21NO/c1-9-6-10(2)14-11(7-9)13(15(3,4)5)12(8-16)17-14/h6-7H,8,16H2,1-5H3. The number of fused-ring (bicyclic) bond motifs is 1. The van der Waals surface area contributed by atoms with E-state index >= 15 is 0 Å². The predicted molar refractivity (Wildman–Crippen MR) is 72.3 cm³/mol. The Morgan fingerprint density at radius 1 is 1.18 bits per heavy atom. The maximum Gasteiger partial charge on any atom is 0.137 e. The minimum Gasteiger partial charge on any atom is -0.459 e. The maximum absolute atomic E-state index is 5.94. The molecule has 2 heteroatoms. The van der Waals surface area contributed by atoms with Crippen molar-refractivity contribution in [2.24, 2.45) is 5.73 Å². The van der Waals surface area contributed by atoms with Gasteiger partial charge < -0.3 is 10.2 Å². The molecule has 17 heavy (non-hydrogen) atoms. The van der Waals surface area contributed by atoms with Gasteiger partial charge in [-0.1, -0.05) is 26.8 Å².